The number of carboxylic acid groups (broad SMARTS) is 1. The van der Waals surface area contributed by atoms with Crippen LogP contribution in [0.25, 0.3) is 0 Å². The largest absolute Gasteiger partial charge is 0.497 e. The Balaban J connectivity index is 2.25. The Labute approximate surface area is 189 Å². The Kier molecular flexibility index (Phi) is 8.12. The number of hydrogen-bond donors (Lipinski definition) is 2. The van der Waals surface area contributed by atoms with E-state index in [1.54, 1.807) is 45.0 Å². The lowest BCUT2D eigenvalue weighted by Crippen LogP contribution is -2.40. The Morgan fingerprint density at radius 2 is 1.82 bits per heavy atom. The molecule has 2 unspecified atom stereocenters. The van der Waals surface area contributed by atoms with Gasteiger partial charge in [-0.2, -0.15) is 18.3 Å². The standard InChI is InChI=1S/C22H28F3N3O5/c1-13(12-33-18(20(30)31)21(2,3)4)27-16-10-26-28(19(29)17(16)22(23,24)25)11-14-6-8-15(32-5)9-7-14/h6-10,13,18,27H,11-12H2,1-5H3,(H,30,31). The first-order chi connectivity index (χ1) is 15.2. The number of alkyl halides is 3. The maximum atomic E-state index is 13.7. The van der Waals surface area contributed by atoms with Crippen LogP contribution in [-0.2, 0) is 22.3 Å². The van der Waals surface area contributed by atoms with Gasteiger partial charge in [0.15, 0.2) is 6.10 Å². The van der Waals surface area contributed by atoms with Crippen molar-refractivity contribution in [3.05, 3.63) is 51.9 Å². The number of hydrogen-bond acceptors (Lipinski definition) is 6. The van der Waals surface area contributed by atoms with E-state index >= 15 is 0 Å². The van der Waals surface area contributed by atoms with Gasteiger partial charge in [0.25, 0.3) is 5.56 Å². The number of ether oxygens (including phenoxy) is 2. The third-order valence-electron chi connectivity index (χ3n) is 4.74. The quantitative estimate of drug-likeness (QED) is 0.576. The molecule has 2 atom stereocenters. The molecule has 0 fully saturated rings. The van der Waals surface area contributed by atoms with E-state index in [-0.39, 0.29) is 13.2 Å². The predicted octanol–water partition coefficient (Wildman–Crippen LogP) is 3.64. The highest BCUT2D eigenvalue weighted by atomic mass is 19.4. The second-order valence-electron chi connectivity index (χ2n) is 8.70. The first-order valence-electron chi connectivity index (χ1n) is 10.1. The molecule has 0 spiro atoms. The van der Waals surface area contributed by atoms with Crippen LogP contribution in [0.2, 0.25) is 0 Å². The second kappa shape index (κ2) is 10.2. The van der Waals surface area contributed by atoms with Crippen LogP contribution < -0.4 is 15.6 Å². The van der Waals surface area contributed by atoms with Gasteiger partial charge >= 0.3 is 12.1 Å². The molecule has 1 aromatic carbocycles. The summed E-state index contributed by atoms with van der Waals surface area (Å²) in [5, 5.41) is 15.8. The highest BCUT2D eigenvalue weighted by Gasteiger charge is 2.39. The minimum Gasteiger partial charge on any atom is -0.497 e. The number of carboxylic acids is 1. The third kappa shape index (κ3) is 6.95. The topological polar surface area (TPSA) is 103 Å². The average molecular weight is 471 g/mol. The van der Waals surface area contributed by atoms with Crippen molar-refractivity contribution in [3.8, 4) is 5.75 Å². The zero-order valence-electron chi connectivity index (χ0n) is 19.1. The number of rotatable bonds is 9. The number of carbonyl (C=O) groups is 1. The molecule has 1 aromatic heterocycles. The normalized spacial score (nSPS) is 13.9. The fourth-order valence-electron chi connectivity index (χ4n) is 3.13. The molecule has 2 rings (SSSR count). The monoisotopic (exact) mass is 471 g/mol. The fourth-order valence-corrected chi connectivity index (χ4v) is 3.13. The van der Waals surface area contributed by atoms with Crippen molar-refractivity contribution >= 4 is 11.7 Å². The van der Waals surface area contributed by atoms with Gasteiger partial charge < -0.3 is 19.9 Å². The van der Waals surface area contributed by atoms with Crippen molar-refractivity contribution < 1.29 is 32.5 Å². The minimum absolute atomic E-state index is 0.156. The summed E-state index contributed by atoms with van der Waals surface area (Å²) < 4.78 is 52.4. The number of nitrogens with zero attached hydrogens (tertiary/aromatic N) is 2. The third-order valence-corrected chi connectivity index (χ3v) is 4.74. The van der Waals surface area contributed by atoms with E-state index < -0.39 is 46.5 Å². The van der Waals surface area contributed by atoms with E-state index in [0.29, 0.717) is 11.3 Å². The summed E-state index contributed by atoms with van der Waals surface area (Å²) in [4.78, 5) is 24.1. The van der Waals surface area contributed by atoms with Crippen molar-refractivity contribution in [2.24, 2.45) is 5.41 Å². The SMILES string of the molecule is COc1ccc(Cn2ncc(NC(C)COC(C(=O)O)C(C)(C)C)c(C(F)(F)F)c2=O)cc1. The molecule has 0 saturated heterocycles. The molecule has 2 N–H and O–H groups in total. The van der Waals surface area contributed by atoms with Crippen LogP contribution in [0.3, 0.4) is 0 Å². The van der Waals surface area contributed by atoms with Gasteiger partial charge in [-0.1, -0.05) is 32.9 Å². The van der Waals surface area contributed by atoms with Crippen molar-refractivity contribution in [1.29, 1.82) is 0 Å². The second-order valence-corrected chi connectivity index (χ2v) is 8.70. The smallest absolute Gasteiger partial charge is 0.423 e. The number of anilines is 1. The maximum Gasteiger partial charge on any atom is 0.423 e. The number of benzene rings is 1. The molecule has 182 valence electrons. The van der Waals surface area contributed by atoms with E-state index in [4.69, 9.17) is 9.47 Å². The number of nitrogens with one attached hydrogen (secondary N) is 1. The zero-order chi connectivity index (χ0) is 25.0. The Morgan fingerprint density at radius 3 is 2.30 bits per heavy atom. The molecular formula is C22H28F3N3O5. The van der Waals surface area contributed by atoms with Crippen molar-refractivity contribution in [3.63, 3.8) is 0 Å². The van der Waals surface area contributed by atoms with Crippen LogP contribution in [0.15, 0.2) is 35.3 Å². The highest BCUT2D eigenvalue weighted by molar-refractivity contribution is 5.73. The van der Waals surface area contributed by atoms with Crippen molar-refractivity contribution in [2.45, 2.75) is 52.6 Å². The summed E-state index contributed by atoms with van der Waals surface area (Å²) in [6.07, 6.45) is -5.15. The number of methoxy groups -OCH3 is 1. The first-order valence-corrected chi connectivity index (χ1v) is 10.1. The summed E-state index contributed by atoms with van der Waals surface area (Å²) in [5.41, 5.74) is -3.33. The lowest BCUT2D eigenvalue weighted by Gasteiger charge is -2.28. The summed E-state index contributed by atoms with van der Waals surface area (Å²) >= 11 is 0. The zero-order valence-corrected chi connectivity index (χ0v) is 19.1. The first kappa shape index (κ1) is 26.2. The molecule has 0 aliphatic heterocycles. The van der Waals surface area contributed by atoms with Crippen LogP contribution in [0.4, 0.5) is 18.9 Å². The summed E-state index contributed by atoms with van der Waals surface area (Å²) in [5.74, 6) is -0.601. The lowest BCUT2D eigenvalue weighted by atomic mass is 9.89. The predicted molar refractivity (Wildman–Crippen MR) is 116 cm³/mol. The molecule has 11 heteroatoms. The van der Waals surface area contributed by atoms with Crippen LogP contribution in [-0.4, -0.2) is 46.7 Å². The highest BCUT2D eigenvalue weighted by Crippen LogP contribution is 2.32. The van der Waals surface area contributed by atoms with E-state index in [1.165, 1.54) is 14.0 Å². The van der Waals surface area contributed by atoms with Crippen LogP contribution >= 0.6 is 0 Å². The molecule has 2 aromatic rings. The molecule has 0 aliphatic carbocycles. The Hall–Kier alpha value is -3.08. The number of aromatic nitrogens is 2. The van der Waals surface area contributed by atoms with Crippen LogP contribution in [0, 0.1) is 5.41 Å². The molecule has 0 saturated carbocycles. The molecule has 0 aliphatic rings. The molecule has 0 radical (unpaired) electrons. The minimum atomic E-state index is -4.93. The summed E-state index contributed by atoms with van der Waals surface area (Å²) in [7, 11) is 1.49. The Morgan fingerprint density at radius 1 is 1.21 bits per heavy atom. The van der Waals surface area contributed by atoms with Crippen molar-refractivity contribution in [1.82, 2.24) is 9.78 Å². The molecule has 33 heavy (non-hydrogen) atoms. The van der Waals surface area contributed by atoms with Crippen LogP contribution in [0.1, 0.15) is 38.8 Å². The van der Waals surface area contributed by atoms with E-state index in [9.17, 15) is 27.9 Å². The number of halogens is 3. The van der Waals surface area contributed by atoms with Gasteiger partial charge in [-0.15, -0.1) is 0 Å². The Bertz CT molecular complexity index is 1010. The van der Waals surface area contributed by atoms with E-state index in [1.807, 2.05) is 0 Å². The lowest BCUT2D eigenvalue weighted by molar-refractivity contribution is -0.158. The maximum absolute atomic E-state index is 13.7. The van der Waals surface area contributed by atoms with Crippen LogP contribution in [0.5, 0.6) is 5.75 Å². The molecule has 1 heterocycles. The molecular weight excluding hydrogens is 443 g/mol. The van der Waals surface area contributed by atoms with Gasteiger partial charge in [-0.3, -0.25) is 4.79 Å². The molecule has 0 bridgehead atoms. The van der Waals surface area contributed by atoms with Gasteiger partial charge in [-0.25, -0.2) is 9.48 Å². The molecule has 8 nitrogen and oxygen atoms in total. The summed E-state index contributed by atoms with van der Waals surface area (Å²) in [6, 6.07) is 5.78. The molecule has 0 amide bonds. The van der Waals surface area contributed by atoms with E-state index in [2.05, 4.69) is 10.4 Å². The van der Waals surface area contributed by atoms with Gasteiger partial charge in [0, 0.05) is 6.04 Å². The van der Waals surface area contributed by atoms with Gasteiger partial charge in [0.05, 0.1) is 32.1 Å². The summed E-state index contributed by atoms with van der Waals surface area (Å²) in [6.45, 7) is 6.20. The van der Waals surface area contributed by atoms with E-state index in [0.717, 1.165) is 10.9 Å². The average Bonchev–Trinajstić information content (AvgIpc) is 2.68. The fraction of sp³-hybridized carbons (Fsp3) is 0.500. The van der Waals surface area contributed by atoms with Gasteiger partial charge in [0.1, 0.15) is 11.3 Å². The van der Waals surface area contributed by atoms with Gasteiger partial charge in [-0.05, 0) is 30.0 Å². The number of aliphatic carboxylic acids is 1. The van der Waals surface area contributed by atoms with Gasteiger partial charge in [0.2, 0.25) is 0 Å². The van der Waals surface area contributed by atoms with Crippen molar-refractivity contribution in [2.75, 3.05) is 19.0 Å².